The molecule has 8 heteroatoms. The van der Waals surface area contributed by atoms with E-state index in [0.29, 0.717) is 6.20 Å². The molecule has 1 unspecified atom stereocenters. The second-order valence-electron chi connectivity index (χ2n) is 3.50. The number of aromatic nitrogens is 3. The predicted octanol–water partition coefficient (Wildman–Crippen LogP) is 3.45. The van der Waals surface area contributed by atoms with Crippen LogP contribution in [0.3, 0.4) is 0 Å². The molecule has 0 amide bonds. The molecule has 18 heavy (non-hydrogen) atoms. The number of halogens is 4. The predicted molar refractivity (Wildman–Crippen MR) is 56.8 cm³/mol. The molecule has 0 radical (unpaired) electrons. The molecule has 0 N–H and O–H groups in total. The van der Waals surface area contributed by atoms with Crippen LogP contribution in [0.15, 0.2) is 22.9 Å². The molecule has 0 aliphatic carbocycles. The van der Waals surface area contributed by atoms with Crippen molar-refractivity contribution in [1.82, 2.24) is 15.1 Å². The molecular formula is C10H7ClF3N3O. The summed E-state index contributed by atoms with van der Waals surface area (Å²) in [5.74, 6) is 0.291. The van der Waals surface area contributed by atoms with Gasteiger partial charge < -0.3 is 4.52 Å². The molecule has 96 valence electrons. The molecule has 0 saturated carbocycles. The van der Waals surface area contributed by atoms with Crippen molar-refractivity contribution < 1.29 is 17.7 Å². The fourth-order valence-electron chi connectivity index (χ4n) is 1.19. The molecule has 2 aromatic rings. The van der Waals surface area contributed by atoms with Gasteiger partial charge in [0, 0.05) is 6.20 Å². The monoisotopic (exact) mass is 277 g/mol. The van der Waals surface area contributed by atoms with Crippen LogP contribution in [0.1, 0.15) is 23.7 Å². The Labute approximate surface area is 105 Å². The van der Waals surface area contributed by atoms with Crippen LogP contribution >= 0.6 is 11.6 Å². The zero-order valence-electron chi connectivity index (χ0n) is 9.07. The summed E-state index contributed by atoms with van der Waals surface area (Å²) in [6.45, 7) is 1.65. The molecular weight excluding hydrogens is 271 g/mol. The van der Waals surface area contributed by atoms with Crippen molar-refractivity contribution in [1.29, 1.82) is 0 Å². The van der Waals surface area contributed by atoms with Gasteiger partial charge in [0.25, 0.3) is 5.89 Å². The second kappa shape index (κ2) is 4.56. The van der Waals surface area contributed by atoms with E-state index in [1.807, 2.05) is 0 Å². The lowest BCUT2D eigenvalue weighted by atomic mass is 10.2. The first-order chi connectivity index (χ1) is 8.38. The highest BCUT2D eigenvalue weighted by Gasteiger charge is 2.30. The van der Waals surface area contributed by atoms with Crippen molar-refractivity contribution in [2.24, 2.45) is 0 Å². The third kappa shape index (κ3) is 2.61. The Hall–Kier alpha value is -1.63. The first kappa shape index (κ1) is 12.8. The fraction of sp³-hybridized carbons (Fsp3) is 0.300. The van der Waals surface area contributed by atoms with Gasteiger partial charge in [0.2, 0.25) is 0 Å². The first-order valence-corrected chi connectivity index (χ1v) is 5.33. The topological polar surface area (TPSA) is 51.8 Å². The van der Waals surface area contributed by atoms with Gasteiger partial charge in [-0.15, -0.1) is 11.6 Å². The molecule has 2 heterocycles. The highest BCUT2D eigenvalue weighted by molar-refractivity contribution is 6.20. The van der Waals surface area contributed by atoms with Crippen LogP contribution in [0.5, 0.6) is 0 Å². The number of hydrogen-bond donors (Lipinski definition) is 0. The van der Waals surface area contributed by atoms with Gasteiger partial charge in [-0.3, -0.25) is 4.98 Å². The lowest BCUT2D eigenvalue weighted by Gasteiger charge is -2.05. The Morgan fingerprint density at radius 3 is 2.50 bits per heavy atom. The number of pyridine rings is 1. The average Bonchev–Trinajstić information content (AvgIpc) is 2.77. The minimum atomic E-state index is -4.42. The number of alkyl halides is 4. The molecule has 0 saturated heterocycles. The molecule has 2 rings (SSSR count). The van der Waals surface area contributed by atoms with Gasteiger partial charge in [-0.25, -0.2) is 0 Å². The largest absolute Gasteiger partial charge is 0.417 e. The zero-order chi connectivity index (χ0) is 13.3. The van der Waals surface area contributed by atoms with E-state index in [1.165, 1.54) is 6.07 Å². The molecule has 0 aliphatic rings. The summed E-state index contributed by atoms with van der Waals surface area (Å²) < 4.78 is 41.8. The van der Waals surface area contributed by atoms with Gasteiger partial charge >= 0.3 is 6.18 Å². The van der Waals surface area contributed by atoms with Crippen LogP contribution in [0.25, 0.3) is 11.6 Å². The first-order valence-electron chi connectivity index (χ1n) is 4.89. The number of rotatable bonds is 2. The van der Waals surface area contributed by atoms with Crippen molar-refractivity contribution in [3.8, 4) is 11.6 Å². The van der Waals surface area contributed by atoms with Gasteiger partial charge in [-0.2, -0.15) is 18.2 Å². The van der Waals surface area contributed by atoms with Gasteiger partial charge in [-0.1, -0.05) is 5.16 Å². The van der Waals surface area contributed by atoms with E-state index in [0.717, 1.165) is 6.07 Å². The normalized spacial score (nSPS) is 13.6. The van der Waals surface area contributed by atoms with Crippen molar-refractivity contribution >= 4 is 11.6 Å². The smallest absolute Gasteiger partial charge is 0.332 e. The number of nitrogens with zero attached hydrogens (tertiary/aromatic N) is 3. The molecule has 2 aromatic heterocycles. The molecule has 0 bridgehead atoms. The minimum absolute atomic E-state index is 0.0335. The van der Waals surface area contributed by atoms with E-state index >= 15 is 0 Å². The van der Waals surface area contributed by atoms with E-state index in [9.17, 15) is 13.2 Å². The van der Waals surface area contributed by atoms with Crippen LogP contribution in [0.2, 0.25) is 0 Å². The van der Waals surface area contributed by atoms with Gasteiger partial charge in [-0.05, 0) is 19.1 Å². The second-order valence-corrected chi connectivity index (χ2v) is 4.16. The molecule has 0 fully saturated rings. The molecule has 0 aliphatic heterocycles. The van der Waals surface area contributed by atoms with Crippen LogP contribution < -0.4 is 0 Å². The quantitative estimate of drug-likeness (QED) is 0.789. The number of hydrogen-bond acceptors (Lipinski definition) is 4. The molecule has 0 spiro atoms. The Kier molecular flexibility index (Phi) is 3.25. The fourth-order valence-corrected chi connectivity index (χ4v) is 1.28. The van der Waals surface area contributed by atoms with E-state index in [1.54, 1.807) is 6.92 Å². The summed E-state index contributed by atoms with van der Waals surface area (Å²) in [4.78, 5) is 7.55. The lowest BCUT2D eigenvalue weighted by molar-refractivity contribution is -0.137. The van der Waals surface area contributed by atoms with Crippen molar-refractivity contribution in [3.63, 3.8) is 0 Å². The van der Waals surface area contributed by atoms with Crippen LogP contribution in [0.4, 0.5) is 13.2 Å². The van der Waals surface area contributed by atoms with Crippen molar-refractivity contribution in [2.45, 2.75) is 18.5 Å². The van der Waals surface area contributed by atoms with Gasteiger partial charge in [0.05, 0.1) is 10.9 Å². The third-order valence-electron chi connectivity index (χ3n) is 2.11. The Morgan fingerprint density at radius 2 is 2.06 bits per heavy atom. The van der Waals surface area contributed by atoms with Crippen molar-refractivity contribution in [3.05, 3.63) is 29.7 Å². The highest BCUT2D eigenvalue weighted by Crippen LogP contribution is 2.29. The lowest BCUT2D eigenvalue weighted by Crippen LogP contribution is -2.05. The summed E-state index contributed by atoms with van der Waals surface area (Å²) in [6.07, 6.45) is -3.71. The van der Waals surface area contributed by atoms with Crippen molar-refractivity contribution in [2.75, 3.05) is 0 Å². The maximum absolute atomic E-state index is 12.3. The maximum atomic E-state index is 12.3. The Morgan fingerprint density at radius 1 is 1.33 bits per heavy atom. The minimum Gasteiger partial charge on any atom is -0.332 e. The molecule has 4 nitrogen and oxygen atoms in total. The summed E-state index contributed by atoms with van der Waals surface area (Å²) >= 11 is 5.73. The van der Waals surface area contributed by atoms with Gasteiger partial charge in [0.15, 0.2) is 5.82 Å². The third-order valence-corrected chi connectivity index (χ3v) is 2.30. The highest BCUT2D eigenvalue weighted by atomic mass is 35.5. The Balaban J connectivity index is 2.29. The average molecular weight is 278 g/mol. The van der Waals surface area contributed by atoms with E-state index < -0.39 is 17.1 Å². The van der Waals surface area contributed by atoms with Gasteiger partial charge in [0.1, 0.15) is 5.69 Å². The molecule has 0 aromatic carbocycles. The van der Waals surface area contributed by atoms with Crippen LogP contribution in [-0.2, 0) is 6.18 Å². The summed E-state index contributed by atoms with van der Waals surface area (Å²) in [5, 5.41) is 3.14. The SMILES string of the molecule is CC(Cl)c1noc(-c2ccc(C(F)(F)F)cn2)n1. The van der Waals surface area contributed by atoms with Crippen LogP contribution in [-0.4, -0.2) is 15.1 Å². The molecule has 1 atom stereocenters. The Bertz CT molecular complexity index is 536. The van der Waals surface area contributed by atoms with E-state index in [-0.39, 0.29) is 17.4 Å². The standard InChI is InChI=1S/C10H7ClF3N3O/c1-5(11)8-16-9(18-17-8)7-3-2-6(4-15-7)10(12,13)14/h2-5H,1H3. The maximum Gasteiger partial charge on any atom is 0.417 e. The van der Waals surface area contributed by atoms with E-state index in [4.69, 9.17) is 16.1 Å². The van der Waals surface area contributed by atoms with E-state index in [2.05, 4.69) is 15.1 Å². The summed E-state index contributed by atoms with van der Waals surface area (Å²) in [6, 6.07) is 2.06. The zero-order valence-corrected chi connectivity index (χ0v) is 9.83. The summed E-state index contributed by atoms with van der Waals surface area (Å²) in [5.41, 5.74) is -0.671. The summed E-state index contributed by atoms with van der Waals surface area (Å²) in [7, 11) is 0. The van der Waals surface area contributed by atoms with Crippen LogP contribution in [0, 0.1) is 0 Å².